The Balaban J connectivity index is 1.39. The lowest BCUT2D eigenvalue weighted by molar-refractivity contribution is -0.113. The fourth-order valence-corrected chi connectivity index (χ4v) is 3.65. The summed E-state index contributed by atoms with van der Waals surface area (Å²) in [5.41, 5.74) is 5.02. The van der Waals surface area contributed by atoms with E-state index in [1.165, 1.54) is 29.2 Å². The average molecular weight is 405 g/mol. The quantitative estimate of drug-likeness (QED) is 0.496. The molecule has 4 rings (SSSR count). The molecule has 2 heterocycles. The summed E-state index contributed by atoms with van der Waals surface area (Å²) < 4.78 is 3.57. The summed E-state index contributed by atoms with van der Waals surface area (Å²) in [4.78, 5) is 16.8. The Morgan fingerprint density at radius 1 is 1.14 bits per heavy atom. The summed E-state index contributed by atoms with van der Waals surface area (Å²) in [5, 5.41) is 14.7. The van der Waals surface area contributed by atoms with Crippen LogP contribution in [0.1, 0.15) is 11.1 Å². The van der Waals surface area contributed by atoms with Crippen molar-refractivity contribution in [3.8, 4) is 11.4 Å². The number of aryl methyl sites for hydroxylation is 1. The molecular formula is C20H19N7OS. The van der Waals surface area contributed by atoms with Gasteiger partial charge >= 0.3 is 0 Å². The smallest absolute Gasteiger partial charge is 0.234 e. The van der Waals surface area contributed by atoms with Crippen molar-refractivity contribution >= 4 is 23.4 Å². The molecule has 0 fully saturated rings. The van der Waals surface area contributed by atoms with Gasteiger partial charge in [-0.25, -0.2) is 9.67 Å². The third-order valence-corrected chi connectivity index (χ3v) is 5.51. The number of carbonyl (C=O) groups excluding carboxylic acids is 1. The molecule has 0 saturated carbocycles. The number of nitrogens with zero attached hydrogens (tertiary/aromatic N) is 6. The molecule has 0 atom stereocenters. The fraction of sp³-hybridized carbons (Fsp3) is 0.150. The van der Waals surface area contributed by atoms with Gasteiger partial charge in [-0.05, 0) is 65.7 Å². The van der Waals surface area contributed by atoms with Crippen LogP contribution in [0.15, 0.2) is 66.3 Å². The minimum absolute atomic E-state index is 0.0966. The summed E-state index contributed by atoms with van der Waals surface area (Å²) in [5.74, 6) is 0.164. The Morgan fingerprint density at radius 2 is 1.97 bits per heavy atom. The lowest BCUT2D eigenvalue weighted by atomic mass is 10.1. The number of thioether (sulfide) groups is 1. The number of imidazole rings is 1. The molecular weight excluding hydrogens is 386 g/mol. The number of carbonyl (C=O) groups is 1. The first-order valence-corrected chi connectivity index (χ1v) is 9.96. The Morgan fingerprint density at radius 3 is 2.72 bits per heavy atom. The Hall–Kier alpha value is -3.46. The number of nitrogens with one attached hydrogen (secondary N) is 1. The zero-order chi connectivity index (χ0) is 20.2. The van der Waals surface area contributed by atoms with Crippen molar-refractivity contribution in [1.82, 2.24) is 29.8 Å². The van der Waals surface area contributed by atoms with Crippen LogP contribution in [0.5, 0.6) is 0 Å². The van der Waals surface area contributed by atoms with Gasteiger partial charge in [0.2, 0.25) is 5.91 Å². The maximum absolute atomic E-state index is 12.4. The third kappa shape index (κ3) is 4.19. The highest BCUT2D eigenvalue weighted by Gasteiger charge is 2.11. The van der Waals surface area contributed by atoms with Crippen molar-refractivity contribution in [2.75, 3.05) is 11.1 Å². The van der Waals surface area contributed by atoms with Crippen LogP contribution in [0.4, 0.5) is 5.69 Å². The molecule has 8 nitrogen and oxygen atoms in total. The number of benzene rings is 2. The minimum Gasteiger partial charge on any atom is -0.325 e. The highest BCUT2D eigenvalue weighted by Crippen LogP contribution is 2.24. The molecule has 0 bridgehead atoms. The van der Waals surface area contributed by atoms with E-state index in [-0.39, 0.29) is 11.7 Å². The van der Waals surface area contributed by atoms with E-state index in [9.17, 15) is 4.79 Å². The lowest BCUT2D eigenvalue weighted by Crippen LogP contribution is -2.14. The van der Waals surface area contributed by atoms with Crippen molar-refractivity contribution < 1.29 is 4.79 Å². The molecule has 0 aliphatic carbocycles. The van der Waals surface area contributed by atoms with Gasteiger partial charge in [0.15, 0.2) is 5.16 Å². The third-order valence-electron chi connectivity index (χ3n) is 4.54. The highest BCUT2D eigenvalue weighted by atomic mass is 32.2. The topological polar surface area (TPSA) is 90.5 Å². The highest BCUT2D eigenvalue weighted by molar-refractivity contribution is 7.99. The van der Waals surface area contributed by atoms with Gasteiger partial charge in [-0.2, -0.15) is 0 Å². The van der Waals surface area contributed by atoms with Crippen molar-refractivity contribution in [3.63, 3.8) is 0 Å². The molecule has 0 saturated heterocycles. The zero-order valence-electron chi connectivity index (χ0n) is 16.0. The van der Waals surface area contributed by atoms with E-state index in [4.69, 9.17) is 0 Å². The van der Waals surface area contributed by atoms with E-state index >= 15 is 0 Å². The molecule has 4 aromatic rings. The van der Waals surface area contributed by atoms with E-state index in [2.05, 4.69) is 51.8 Å². The van der Waals surface area contributed by atoms with E-state index in [0.29, 0.717) is 5.69 Å². The SMILES string of the molecule is Cc1cccc(-n2ccnc2SCC(=O)Nc2ccc(-n3cnnn3)cc2)c1C. The largest absolute Gasteiger partial charge is 0.325 e. The molecule has 29 heavy (non-hydrogen) atoms. The van der Waals surface area contributed by atoms with Crippen molar-refractivity contribution in [1.29, 1.82) is 0 Å². The van der Waals surface area contributed by atoms with Gasteiger partial charge in [0.05, 0.1) is 17.1 Å². The molecule has 1 N–H and O–H groups in total. The molecule has 1 amide bonds. The molecule has 146 valence electrons. The van der Waals surface area contributed by atoms with Crippen molar-refractivity contribution in [2.45, 2.75) is 19.0 Å². The van der Waals surface area contributed by atoms with Gasteiger partial charge in [-0.15, -0.1) is 5.10 Å². The second kappa shape index (κ2) is 8.27. The van der Waals surface area contributed by atoms with Gasteiger partial charge in [0.25, 0.3) is 0 Å². The summed E-state index contributed by atoms with van der Waals surface area (Å²) in [6.45, 7) is 4.17. The number of tetrazole rings is 1. The van der Waals surface area contributed by atoms with Crippen LogP contribution in [0.3, 0.4) is 0 Å². The fourth-order valence-electron chi connectivity index (χ4n) is 2.88. The Bertz CT molecular complexity index is 1120. The molecule has 0 unspecified atom stereocenters. The molecule has 0 aliphatic heterocycles. The van der Waals surface area contributed by atoms with Gasteiger partial charge in [-0.3, -0.25) is 9.36 Å². The van der Waals surface area contributed by atoms with Crippen LogP contribution in [0.25, 0.3) is 11.4 Å². The van der Waals surface area contributed by atoms with Crippen LogP contribution in [0.2, 0.25) is 0 Å². The summed E-state index contributed by atoms with van der Waals surface area (Å²) in [7, 11) is 0. The number of amides is 1. The second-order valence-electron chi connectivity index (χ2n) is 6.44. The molecule has 2 aromatic carbocycles. The van der Waals surface area contributed by atoms with Crippen LogP contribution in [0, 0.1) is 13.8 Å². The van der Waals surface area contributed by atoms with Gasteiger partial charge in [0, 0.05) is 18.1 Å². The number of hydrogen-bond acceptors (Lipinski definition) is 6. The summed E-state index contributed by atoms with van der Waals surface area (Å²) in [6.07, 6.45) is 5.18. The molecule has 0 spiro atoms. The second-order valence-corrected chi connectivity index (χ2v) is 7.38. The molecule has 9 heteroatoms. The number of hydrogen-bond donors (Lipinski definition) is 1. The first kappa shape index (κ1) is 18.9. The standard InChI is InChI=1S/C20H19N7OS/c1-14-4-3-5-18(15(14)2)26-11-10-21-20(26)29-12-19(28)23-16-6-8-17(9-7-16)27-13-22-24-25-27/h3-11,13H,12H2,1-2H3,(H,23,28). The summed E-state index contributed by atoms with van der Waals surface area (Å²) >= 11 is 1.40. The Kier molecular flexibility index (Phi) is 5.39. The summed E-state index contributed by atoms with van der Waals surface area (Å²) in [6, 6.07) is 13.5. The van der Waals surface area contributed by atoms with Gasteiger partial charge in [0.1, 0.15) is 6.33 Å². The van der Waals surface area contributed by atoms with E-state index < -0.39 is 0 Å². The van der Waals surface area contributed by atoms with Crippen LogP contribution in [-0.4, -0.2) is 41.4 Å². The van der Waals surface area contributed by atoms with Crippen molar-refractivity contribution in [2.24, 2.45) is 0 Å². The normalized spacial score (nSPS) is 10.8. The molecule has 2 aromatic heterocycles. The lowest BCUT2D eigenvalue weighted by Gasteiger charge is -2.12. The van der Waals surface area contributed by atoms with Gasteiger partial charge < -0.3 is 5.32 Å². The number of anilines is 1. The maximum Gasteiger partial charge on any atom is 0.234 e. The van der Waals surface area contributed by atoms with Crippen LogP contribution >= 0.6 is 11.8 Å². The monoisotopic (exact) mass is 405 g/mol. The molecule has 0 radical (unpaired) electrons. The minimum atomic E-state index is -0.0966. The van der Waals surface area contributed by atoms with Crippen LogP contribution < -0.4 is 5.32 Å². The maximum atomic E-state index is 12.4. The first-order chi connectivity index (χ1) is 14.1. The molecule has 0 aliphatic rings. The Labute approximate surface area is 172 Å². The van der Waals surface area contributed by atoms with E-state index in [0.717, 1.165) is 16.5 Å². The zero-order valence-corrected chi connectivity index (χ0v) is 16.8. The number of rotatable bonds is 6. The first-order valence-electron chi connectivity index (χ1n) is 8.98. The van der Waals surface area contributed by atoms with E-state index in [1.807, 2.05) is 41.1 Å². The number of aromatic nitrogens is 6. The average Bonchev–Trinajstić information content (AvgIpc) is 3.41. The predicted octanol–water partition coefficient (Wildman–Crippen LogP) is 3.20. The van der Waals surface area contributed by atoms with Gasteiger partial charge in [-0.1, -0.05) is 23.9 Å². The van der Waals surface area contributed by atoms with Crippen LogP contribution in [-0.2, 0) is 4.79 Å². The van der Waals surface area contributed by atoms with E-state index in [1.54, 1.807) is 10.9 Å². The van der Waals surface area contributed by atoms with Crippen molar-refractivity contribution in [3.05, 3.63) is 72.3 Å². The predicted molar refractivity (Wildman–Crippen MR) is 112 cm³/mol.